The fourth-order valence-corrected chi connectivity index (χ4v) is 8.01. The topological polar surface area (TPSA) is 50.3 Å². The van der Waals surface area contributed by atoms with E-state index in [4.69, 9.17) is 16.6 Å². The first-order chi connectivity index (χ1) is 13.8. The Bertz CT molecular complexity index is 1050. The summed E-state index contributed by atoms with van der Waals surface area (Å²) in [6.07, 6.45) is 8.27. The number of anilines is 1. The van der Waals surface area contributed by atoms with E-state index in [1.807, 2.05) is 30.3 Å². The Kier molecular flexibility index (Phi) is 5.95. The van der Waals surface area contributed by atoms with Crippen LogP contribution in [0.15, 0.2) is 58.4 Å². The summed E-state index contributed by atoms with van der Waals surface area (Å²) in [5.74, 6) is 0. The van der Waals surface area contributed by atoms with Gasteiger partial charge in [0.25, 0.3) is 0 Å². The highest BCUT2D eigenvalue weighted by molar-refractivity contribution is 9.10. The monoisotopic (exact) mass is 512 g/mol. The van der Waals surface area contributed by atoms with E-state index in [2.05, 4.69) is 26.2 Å². The fourth-order valence-electron chi connectivity index (χ4n) is 3.90. The number of piperidine rings is 1. The van der Waals surface area contributed by atoms with E-state index in [9.17, 15) is 8.42 Å². The van der Waals surface area contributed by atoms with Crippen molar-refractivity contribution in [2.75, 3.05) is 18.0 Å². The first-order valence-corrected chi connectivity index (χ1v) is 13.2. The van der Waals surface area contributed by atoms with Crippen molar-refractivity contribution < 1.29 is 8.42 Å². The summed E-state index contributed by atoms with van der Waals surface area (Å²) in [4.78, 5) is 6.08. The Morgan fingerprint density at radius 1 is 1.28 bits per heavy atom. The van der Waals surface area contributed by atoms with Gasteiger partial charge in [0, 0.05) is 28.5 Å². The lowest BCUT2D eigenvalue weighted by Crippen LogP contribution is -2.47. The first kappa shape index (κ1) is 21.1. The molecule has 154 valence electrons. The number of thiazole rings is 1. The minimum Gasteiger partial charge on any atom is -0.348 e. The zero-order valence-electron chi connectivity index (χ0n) is 16.0. The summed E-state index contributed by atoms with van der Waals surface area (Å²) in [5, 5.41) is 1.94. The van der Waals surface area contributed by atoms with Crippen LogP contribution in [0, 0.1) is 0 Å². The average molecular weight is 514 g/mol. The highest BCUT2D eigenvalue weighted by atomic mass is 79.9. The molecule has 0 bridgehead atoms. The fraction of sp³-hybridized carbons (Fsp3) is 0.381. The third-order valence-corrected chi connectivity index (χ3v) is 10.2. The quantitative estimate of drug-likeness (QED) is 0.510. The van der Waals surface area contributed by atoms with Crippen LogP contribution in [0.4, 0.5) is 5.13 Å². The predicted octanol–water partition coefficient (Wildman–Crippen LogP) is 5.45. The minimum atomic E-state index is -3.36. The minimum absolute atomic E-state index is 0.373. The molecule has 29 heavy (non-hydrogen) atoms. The van der Waals surface area contributed by atoms with Crippen molar-refractivity contribution in [3.8, 4) is 11.3 Å². The van der Waals surface area contributed by atoms with Crippen molar-refractivity contribution in [1.29, 1.82) is 0 Å². The summed E-state index contributed by atoms with van der Waals surface area (Å²) >= 11 is 11.6. The lowest BCUT2D eigenvalue weighted by atomic mass is 10.0. The van der Waals surface area contributed by atoms with Gasteiger partial charge in [0.1, 0.15) is 5.25 Å². The van der Waals surface area contributed by atoms with Crippen LogP contribution in [0.1, 0.15) is 19.8 Å². The molecule has 1 aromatic heterocycles. The zero-order chi connectivity index (χ0) is 20.6. The molecule has 1 saturated heterocycles. The van der Waals surface area contributed by atoms with Crippen molar-refractivity contribution in [3.63, 3.8) is 0 Å². The van der Waals surface area contributed by atoms with E-state index >= 15 is 0 Å². The number of hydrogen-bond donors (Lipinski definition) is 0. The number of sulfone groups is 1. The van der Waals surface area contributed by atoms with Crippen LogP contribution in [0.25, 0.3) is 11.3 Å². The van der Waals surface area contributed by atoms with Crippen molar-refractivity contribution in [3.05, 3.63) is 58.4 Å². The van der Waals surface area contributed by atoms with Crippen molar-refractivity contribution in [1.82, 2.24) is 4.98 Å². The lowest BCUT2D eigenvalue weighted by molar-refractivity contribution is 0.518. The maximum atomic E-state index is 13.2. The zero-order valence-corrected chi connectivity index (χ0v) is 19.9. The molecule has 0 saturated carbocycles. The van der Waals surface area contributed by atoms with Crippen LogP contribution in [0.2, 0.25) is 0 Å². The smallest absolute Gasteiger partial charge is 0.185 e. The van der Waals surface area contributed by atoms with Gasteiger partial charge in [-0.15, -0.1) is 22.9 Å². The Balaban J connectivity index is 1.45. The van der Waals surface area contributed by atoms with Gasteiger partial charge >= 0.3 is 0 Å². The number of aromatic nitrogens is 1. The molecule has 2 unspecified atom stereocenters. The van der Waals surface area contributed by atoms with Gasteiger partial charge in [-0.05, 0) is 31.9 Å². The second kappa shape index (κ2) is 8.17. The number of nitrogens with zero attached hydrogens (tertiary/aromatic N) is 2. The summed E-state index contributed by atoms with van der Waals surface area (Å²) in [6.45, 7) is 3.13. The van der Waals surface area contributed by atoms with Gasteiger partial charge < -0.3 is 4.90 Å². The van der Waals surface area contributed by atoms with E-state index in [-0.39, 0.29) is 5.25 Å². The number of rotatable bonds is 4. The first-order valence-electron chi connectivity index (χ1n) is 9.51. The molecule has 0 spiro atoms. The van der Waals surface area contributed by atoms with Crippen LogP contribution < -0.4 is 4.90 Å². The normalized spacial score (nSPS) is 25.5. The maximum Gasteiger partial charge on any atom is 0.185 e. The molecule has 2 aromatic rings. The van der Waals surface area contributed by atoms with E-state index in [1.54, 1.807) is 36.5 Å². The van der Waals surface area contributed by atoms with Crippen LogP contribution in [-0.2, 0) is 9.84 Å². The molecule has 1 fully saturated rings. The van der Waals surface area contributed by atoms with Gasteiger partial charge in [-0.1, -0.05) is 52.4 Å². The molecular formula is C21H22BrClN2O2S2. The van der Waals surface area contributed by atoms with Gasteiger partial charge in [-0.2, -0.15) is 0 Å². The third kappa shape index (κ3) is 4.33. The molecule has 8 heteroatoms. The van der Waals surface area contributed by atoms with Crippen LogP contribution in [0.3, 0.4) is 0 Å². The molecule has 4 rings (SSSR count). The second-order valence-corrected chi connectivity index (χ2v) is 12.5. The number of halogens is 2. The highest BCUT2D eigenvalue weighted by Gasteiger charge is 2.44. The van der Waals surface area contributed by atoms with Gasteiger partial charge in [-0.3, -0.25) is 0 Å². The number of allylic oxidation sites excluding steroid dienone is 3. The SMILES string of the molecule is CC1(Cl)C=CC=CC1S(=O)(=O)C1CCN(c2nc(-c3cccc(Br)c3)cs2)CC1. The van der Waals surface area contributed by atoms with Gasteiger partial charge in [0.05, 0.1) is 15.8 Å². The van der Waals surface area contributed by atoms with E-state index < -0.39 is 20.0 Å². The summed E-state index contributed by atoms with van der Waals surface area (Å²) in [7, 11) is -3.36. The van der Waals surface area contributed by atoms with Crippen LogP contribution in [-0.4, -0.2) is 41.9 Å². The van der Waals surface area contributed by atoms with Crippen molar-refractivity contribution in [2.45, 2.75) is 35.1 Å². The molecule has 0 radical (unpaired) electrons. The summed E-state index contributed by atoms with van der Waals surface area (Å²) in [6, 6.07) is 8.07. The van der Waals surface area contributed by atoms with Gasteiger partial charge in [0.15, 0.2) is 15.0 Å². The molecule has 2 aliphatic rings. The number of benzene rings is 1. The molecule has 0 N–H and O–H groups in total. The summed E-state index contributed by atoms with van der Waals surface area (Å²) < 4.78 is 27.5. The van der Waals surface area contributed by atoms with Crippen LogP contribution >= 0.6 is 38.9 Å². The third-order valence-electron chi connectivity index (χ3n) is 5.52. The average Bonchev–Trinajstić information content (AvgIpc) is 3.18. The molecule has 0 amide bonds. The molecule has 2 atom stereocenters. The van der Waals surface area contributed by atoms with E-state index in [0.29, 0.717) is 25.9 Å². The lowest BCUT2D eigenvalue weighted by Gasteiger charge is -2.36. The Labute approximate surface area is 189 Å². The van der Waals surface area contributed by atoms with Crippen molar-refractivity contribution >= 4 is 53.8 Å². The van der Waals surface area contributed by atoms with Gasteiger partial charge in [-0.25, -0.2) is 13.4 Å². The summed E-state index contributed by atoms with van der Waals surface area (Å²) in [5.41, 5.74) is 2.01. The van der Waals surface area contributed by atoms with Crippen LogP contribution in [0.5, 0.6) is 0 Å². The molecule has 1 aliphatic heterocycles. The van der Waals surface area contributed by atoms with E-state index in [0.717, 1.165) is 20.9 Å². The number of alkyl halides is 1. The standard InChI is InChI=1S/C21H22BrClN2O2S2/c1-21(23)10-3-2-7-19(21)29(26,27)17-8-11-25(12-9-17)20-24-18(14-28-20)15-5-4-6-16(22)13-15/h2-7,10,13-14,17,19H,8-9,11-12H2,1H3. The largest absolute Gasteiger partial charge is 0.348 e. The Hall–Kier alpha value is -1.15. The number of hydrogen-bond acceptors (Lipinski definition) is 5. The Morgan fingerprint density at radius 3 is 2.72 bits per heavy atom. The second-order valence-electron chi connectivity index (χ2n) is 7.62. The van der Waals surface area contributed by atoms with E-state index in [1.165, 1.54) is 0 Å². The molecule has 4 nitrogen and oxygen atoms in total. The van der Waals surface area contributed by atoms with Crippen molar-refractivity contribution in [2.24, 2.45) is 0 Å². The molecule has 2 heterocycles. The molecule has 1 aromatic carbocycles. The Morgan fingerprint density at radius 2 is 2.03 bits per heavy atom. The molecule has 1 aliphatic carbocycles. The predicted molar refractivity (Wildman–Crippen MR) is 126 cm³/mol. The highest BCUT2D eigenvalue weighted by Crippen LogP contribution is 2.36. The molecular weight excluding hydrogens is 492 g/mol. The van der Waals surface area contributed by atoms with Gasteiger partial charge in [0.2, 0.25) is 0 Å². The maximum absolute atomic E-state index is 13.2.